The fourth-order valence-electron chi connectivity index (χ4n) is 2.34. The van der Waals surface area contributed by atoms with Crippen molar-refractivity contribution in [2.45, 2.75) is 49.4 Å². The summed E-state index contributed by atoms with van der Waals surface area (Å²) in [6, 6.07) is 0. The monoisotopic (exact) mass is 441 g/mol. The van der Waals surface area contributed by atoms with Crippen LogP contribution in [0.1, 0.15) is 54.5 Å². The van der Waals surface area contributed by atoms with Gasteiger partial charge in [0.05, 0.1) is 26.3 Å². The average molecular weight is 443 g/mol. The number of nitrogens with one attached hydrogen (secondary N) is 1. The van der Waals surface area contributed by atoms with Gasteiger partial charge in [-0.05, 0) is 38.3 Å². The second-order valence-corrected chi connectivity index (χ2v) is 8.94. The van der Waals surface area contributed by atoms with Crippen LogP contribution >= 0.6 is 34.8 Å². The predicted molar refractivity (Wildman–Crippen MR) is 101 cm³/mol. The van der Waals surface area contributed by atoms with E-state index in [-0.39, 0.29) is 36.2 Å². The average Bonchev–Trinajstić information content (AvgIpc) is 2.89. The lowest BCUT2D eigenvalue weighted by atomic mass is 10.0. The number of carbonyl (C=O) groups excluding carboxylic acids is 3. The number of aromatic amines is 1. The van der Waals surface area contributed by atoms with Gasteiger partial charge < -0.3 is 19.2 Å². The molecule has 1 aromatic rings. The van der Waals surface area contributed by atoms with Gasteiger partial charge in [-0.25, -0.2) is 4.79 Å². The fourth-order valence-corrected chi connectivity index (χ4v) is 2.82. The van der Waals surface area contributed by atoms with E-state index in [1.54, 1.807) is 20.8 Å². The first-order valence-electron chi connectivity index (χ1n) is 7.98. The van der Waals surface area contributed by atoms with Gasteiger partial charge in [0.25, 0.3) is 0 Å². The Labute approximate surface area is 172 Å². The third-order valence-corrected chi connectivity index (χ3v) is 4.03. The van der Waals surface area contributed by atoms with Crippen LogP contribution in [0.3, 0.4) is 0 Å². The molecule has 0 aromatic carbocycles. The van der Waals surface area contributed by atoms with E-state index in [1.807, 2.05) is 0 Å². The van der Waals surface area contributed by atoms with E-state index in [0.29, 0.717) is 5.56 Å². The molecule has 10 heteroatoms. The van der Waals surface area contributed by atoms with E-state index < -0.39 is 27.3 Å². The van der Waals surface area contributed by atoms with E-state index in [1.165, 1.54) is 14.2 Å². The number of hydrogen-bond acceptors (Lipinski definition) is 6. The Bertz CT molecular complexity index is 715. The molecule has 1 N–H and O–H groups in total. The van der Waals surface area contributed by atoms with Gasteiger partial charge in [0.2, 0.25) is 3.79 Å². The number of H-pyrrole nitrogens is 1. The normalized spacial score (nSPS) is 11.9. The second kappa shape index (κ2) is 9.17. The maximum atomic E-state index is 12.6. The molecule has 0 aliphatic rings. The van der Waals surface area contributed by atoms with Crippen LogP contribution in [0.4, 0.5) is 0 Å². The number of carbonyl (C=O) groups is 3. The maximum Gasteiger partial charge on any atom is 0.355 e. The number of hydrogen-bond donors (Lipinski definition) is 1. The van der Waals surface area contributed by atoms with Gasteiger partial charge >= 0.3 is 17.9 Å². The van der Waals surface area contributed by atoms with Gasteiger partial charge in [-0.2, -0.15) is 0 Å². The maximum absolute atomic E-state index is 12.6. The highest BCUT2D eigenvalue weighted by Gasteiger charge is 2.35. The lowest BCUT2D eigenvalue weighted by molar-refractivity contribution is -0.141. The van der Waals surface area contributed by atoms with Gasteiger partial charge in [0.1, 0.15) is 11.3 Å². The molecule has 0 bridgehead atoms. The van der Waals surface area contributed by atoms with Crippen molar-refractivity contribution in [2.24, 2.45) is 0 Å². The van der Waals surface area contributed by atoms with Crippen LogP contribution in [0.2, 0.25) is 0 Å². The fraction of sp³-hybridized carbons (Fsp3) is 0.588. The molecule has 1 aromatic heterocycles. The van der Waals surface area contributed by atoms with Crippen molar-refractivity contribution >= 4 is 52.7 Å². The number of methoxy groups -OCH3 is 2. The summed E-state index contributed by atoms with van der Waals surface area (Å²) in [5.74, 6) is -1.79. The number of ether oxygens (including phenoxy) is 3. The third-order valence-electron chi connectivity index (χ3n) is 3.46. The summed E-state index contributed by atoms with van der Waals surface area (Å²) in [4.78, 5) is 38.8. The first-order chi connectivity index (χ1) is 12.3. The van der Waals surface area contributed by atoms with Crippen LogP contribution in [0.15, 0.2) is 0 Å². The molecular formula is C17H22Cl3NO6. The lowest BCUT2D eigenvalue weighted by Gasteiger charge is -2.19. The predicted octanol–water partition coefficient (Wildman–Crippen LogP) is 3.62. The van der Waals surface area contributed by atoms with Crippen molar-refractivity contribution in [2.75, 3.05) is 14.2 Å². The molecule has 0 aliphatic carbocycles. The summed E-state index contributed by atoms with van der Waals surface area (Å²) in [7, 11) is 2.46. The first kappa shape index (κ1) is 23.6. The summed E-state index contributed by atoms with van der Waals surface area (Å²) in [5, 5.41) is 0. The highest BCUT2D eigenvalue weighted by molar-refractivity contribution is 6.66. The third kappa shape index (κ3) is 6.90. The Hall–Kier alpha value is -1.44. The molecule has 152 valence electrons. The van der Waals surface area contributed by atoms with Crippen LogP contribution in [0.5, 0.6) is 0 Å². The first-order valence-corrected chi connectivity index (χ1v) is 9.11. The minimum absolute atomic E-state index is 0.00839. The molecule has 1 heterocycles. The quantitative estimate of drug-likeness (QED) is 0.411. The van der Waals surface area contributed by atoms with Crippen molar-refractivity contribution in [3.63, 3.8) is 0 Å². The molecule has 0 saturated carbocycles. The van der Waals surface area contributed by atoms with Crippen LogP contribution in [-0.4, -0.2) is 42.7 Å². The number of alkyl halides is 3. The van der Waals surface area contributed by atoms with Crippen LogP contribution in [0.25, 0.3) is 0 Å². The number of aromatic nitrogens is 1. The van der Waals surface area contributed by atoms with E-state index in [2.05, 4.69) is 14.5 Å². The molecule has 0 aliphatic heterocycles. The molecule has 7 nitrogen and oxygen atoms in total. The Morgan fingerprint density at radius 2 is 1.52 bits per heavy atom. The number of rotatable bonds is 6. The molecule has 1 rings (SSSR count). The van der Waals surface area contributed by atoms with Gasteiger partial charge in [-0.3, -0.25) is 9.59 Å². The van der Waals surface area contributed by atoms with E-state index in [4.69, 9.17) is 39.5 Å². The molecule has 0 radical (unpaired) electrons. The zero-order valence-electron chi connectivity index (χ0n) is 15.7. The molecular weight excluding hydrogens is 421 g/mol. The van der Waals surface area contributed by atoms with E-state index >= 15 is 0 Å². The molecule has 0 unspecified atom stereocenters. The van der Waals surface area contributed by atoms with Crippen molar-refractivity contribution in [3.8, 4) is 0 Å². The molecule has 27 heavy (non-hydrogen) atoms. The molecule has 0 amide bonds. The van der Waals surface area contributed by atoms with E-state index in [0.717, 1.165) is 0 Å². The largest absolute Gasteiger partial charge is 0.469 e. The van der Waals surface area contributed by atoms with Gasteiger partial charge in [-0.15, -0.1) is 0 Å². The van der Waals surface area contributed by atoms with Crippen molar-refractivity contribution in [1.29, 1.82) is 0 Å². The molecule has 0 atom stereocenters. The summed E-state index contributed by atoms with van der Waals surface area (Å²) >= 11 is 18.0. The minimum Gasteiger partial charge on any atom is -0.469 e. The molecule has 0 fully saturated rings. The van der Waals surface area contributed by atoms with Gasteiger partial charge in [0, 0.05) is 6.42 Å². The summed E-state index contributed by atoms with van der Waals surface area (Å²) < 4.78 is 12.8. The Morgan fingerprint density at radius 3 is 1.96 bits per heavy atom. The SMILES string of the molecule is COC(=O)CCc1c(C(=O)OC(C)(C)C)[nH]c(C(Cl)(Cl)Cl)c1CC(=O)OC. The topological polar surface area (TPSA) is 94.7 Å². The Morgan fingerprint density at radius 1 is 0.963 bits per heavy atom. The van der Waals surface area contributed by atoms with Gasteiger partial charge in [-0.1, -0.05) is 34.8 Å². The van der Waals surface area contributed by atoms with Crippen molar-refractivity contribution < 1.29 is 28.6 Å². The zero-order valence-corrected chi connectivity index (χ0v) is 18.0. The van der Waals surface area contributed by atoms with Crippen molar-refractivity contribution in [3.05, 3.63) is 22.5 Å². The number of esters is 3. The molecule has 0 spiro atoms. The standard InChI is InChI=1S/C17H22Cl3NO6/c1-16(2,3)27-15(24)13-9(6-7-11(22)25-4)10(8-12(23)26-5)14(21-13)17(18,19)20/h21H,6-8H2,1-5H3. The Balaban J connectivity index is 3.51. The summed E-state index contributed by atoms with van der Waals surface area (Å²) in [5.41, 5.74) is -0.120. The Kier molecular flexibility index (Phi) is 8.01. The smallest absolute Gasteiger partial charge is 0.355 e. The summed E-state index contributed by atoms with van der Waals surface area (Å²) in [6.07, 6.45) is -0.224. The van der Waals surface area contributed by atoms with Crippen LogP contribution in [-0.2, 0) is 40.4 Å². The number of halogens is 3. The highest BCUT2D eigenvalue weighted by atomic mass is 35.6. The summed E-state index contributed by atoms with van der Waals surface area (Å²) in [6.45, 7) is 5.10. The van der Waals surface area contributed by atoms with Crippen molar-refractivity contribution in [1.82, 2.24) is 4.98 Å². The molecule has 0 saturated heterocycles. The zero-order chi connectivity index (χ0) is 21.0. The van der Waals surface area contributed by atoms with Crippen LogP contribution in [0, 0.1) is 0 Å². The van der Waals surface area contributed by atoms with E-state index in [9.17, 15) is 14.4 Å². The lowest BCUT2D eigenvalue weighted by Crippen LogP contribution is -2.25. The highest BCUT2D eigenvalue weighted by Crippen LogP contribution is 2.42. The minimum atomic E-state index is -1.94. The van der Waals surface area contributed by atoms with Crippen LogP contribution < -0.4 is 0 Å². The second-order valence-electron chi connectivity index (χ2n) is 6.66. The van der Waals surface area contributed by atoms with Gasteiger partial charge in [0.15, 0.2) is 0 Å².